The van der Waals surface area contributed by atoms with Crippen molar-refractivity contribution < 1.29 is 29.1 Å². The number of hydrogen-bond acceptors (Lipinski definition) is 8. The molecule has 15 heteroatoms. The predicted octanol–water partition coefficient (Wildman–Crippen LogP) is -1.02. The van der Waals surface area contributed by atoms with Crippen LogP contribution in [0.5, 0.6) is 0 Å². The molecule has 1 fully saturated rings. The van der Waals surface area contributed by atoms with Gasteiger partial charge in [-0.25, -0.2) is 0 Å². The van der Waals surface area contributed by atoms with Gasteiger partial charge < -0.3 is 48.9 Å². The third kappa shape index (κ3) is 11.9. The normalized spacial score (nSPS) is 16.4. The molecule has 49 heavy (non-hydrogen) atoms. The number of nitrogens with two attached hydrogens (primary N) is 4. The van der Waals surface area contributed by atoms with Crippen LogP contribution >= 0.6 is 0 Å². The highest BCUT2D eigenvalue weighted by Gasteiger charge is 2.40. The number of carbonyl (C=O) groups is 5. The molecule has 12 N–H and O–H groups in total. The van der Waals surface area contributed by atoms with E-state index in [9.17, 15) is 29.1 Å². The Kier molecular flexibility index (Phi) is 14.1. The van der Waals surface area contributed by atoms with Crippen molar-refractivity contribution in [2.24, 2.45) is 33.8 Å². The second kappa shape index (κ2) is 17.9. The zero-order valence-electron chi connectivity index (χ0n) is 28.0. The summed E-state index contributed by atoms with van der Waals surface area (Å²) in [6, 6.07) is 14.0. The van der Waals surface area contributed by atoms with Crippen LogP contribution in [0.4, 0.5) is 0 Å². The Hall–Kier alpha value is -5.02. The first kappa shape index (κ1) is 38.4. The summed E-state index contributed by atoms with van der Waals surface area (Å²) in [5.41, 5.74) is 23.4. The molecule has 2 aromatic rings. The predicted molar refractivity (Wildman–Crippen MR) is 185 cm³/mol. The molecule has 0 unspecified atom stereocenters. The highest BCUT2D eigenvalue weighted by atomic mass is 16.4. The monoisotopic (exact) mass is 679 g/mol. The lowest BCUT2D eigenvalue weighted by Gasteiger charge is -2.37. The van der Waals surface area contributed by atoms with Crippen LogP contribution in [0.2, 0.25) is 0 Å². The number of piperidine rings is 1. The van der Waals surface area contributed by atoms with Gasteiger partial charge in [0.15, 0.2) is 5.96 Å². The van der Waals surface area contributed by atoms with Crippen molar-refractivity contribution in [3.05, 3.63) is 71.8 Å². The number of carboxylic acid groups (broad SMARTS) is 1. The van der Waals surface area contributed by atoms with E-state index in [1.807, 2.05) is 74.5 Å². The number of guanidine groups is 1. The summed E-state index contributed by atoms with van der Waals surface area (Å²) in [7, 11) is 0. The molecule has 0 saturated carbocycles. The minimum Gasteiger partial charge on any atom is -0.480 e. The topological polar surface area (TPSA) is 261 Å². The molecule has 2 aromatic carbocycles. The zero-order valence-corrected chi connectivity index (χ0v) is 28.0. The molecule has 4 amide bonds. The molecule has 1 aliphatic heterocycles. The summed E-state index contributed by atoms with van der Waals surface area (Å²) in [5.74, 6) is -3.83. The first-order valence-corrected chi connectivity index (χ1v) is 16.3. The van der Waals surface area contributed by atoms with Gasteiger partial charge in [0.1, 0.15) is 23.7 Å². The molecule has 0 radical (unpaired) electrons. The Morgan fingerprint density at radius 3 is 1.80 bits per heavy atom. The number of benzene rings is 2. The van der Waals surface area contributed by atoms with Crippen LogP contribution in [-0.4, -0.2) is 94.9 Å². The van der Waals surface area contributed by atoms with Gasteiger partial charge in [0.2, 0.25) is 23.6 Å². The highest BCUT2D eigenvalue weighted by molar-refractivity contribution is 5.95. The van der Waals surface area contributed by atoms with Gasteiger partial charge >= 0.3 is 5.97 Å². The van der Waals surface area contributed by atoms with Crippen molar-refractivity contribution in [1.82, 2.24) is 20.9 Å². The molecular formula is C34H49N9O6. The van der Waals surface area contributed by atoms with Crippen molar-refractivity contribution in [2.45, 2.75) is 75.7 Å². The Balaban J connectivity index is 1.78. The van der Waals surface area contributed by atoms with E-state index in [0.717, 1.165) is 11.1 Å². The molecule has 0 aliphatic carbocycles. The number of amides is 4. The molecule has 1 aliphatic rings. The van der Waals surface area contributed by atoms with Gasteiger partial charge in [-0.05, 0) is 42.7 Å². The SMILES string of the molecule is CC(C)C[C@@H](NC(=O)[C@@H](Cc1ccccc1)NC(=O)[C@H](N)Cc1ccccc1)C(=O)N[C@H](CN=C(N)N)C(=O)N1CCC(N)(C(=O)O)CC1. The van der Waals surface area contributed by atoms with E-state index in [4.69, 9.17) is 22.9 Å². The molecule has 4 atom stereocenters. The maximum absolute atomic E-state index is 13.8. The molecule has 0 spiro atoms. The van der Waals surface area contributed by atoms with E-state index in [-0.39, 0.29) is 63.6 Å². The van der Waals surface area contributed by atoms with E-state index in [0.29, 0.717) is 0 Å². The number of carbonyl (C=O) groups excluding carboxylic acids is 4. The van der Waals surface area contributed by atoms with Crippen LogP contribution < -0.4 is 38.9 Å². The van der Waals surface area contributed by atoms with Gasteiger partial charge in [0, 0.05) is 19.5 Å². The average molecular weight is 680 g/mol. The lowest BCUT2D eigenvalue weighted by atomic mass is 9.88. The first-order chi connectivity index (χ1) is 23.2. The Labute approximate surface area is 286 Å². The fraction of sp³-hybridized carbons (Fsp3) is 0.471. The summed E-state index contributed by atoms with van der Waals surface area (Å²) in [5, 5.41) is 17.7. The standard InChI is InChI=1S/C34H49N9O6/c1-21(2)17-25(29(45)42-27(20-39-33(36)37)31(47)43-15-13-34(38,14-16-43)32(48)49)41-30(46)26(19-23-11-7-4-8-12-23)40-28(44)24(35)18-22-9-5-3-6-10-22/h3-12,21,24-27H,13-20,35,38H2,1-2H3,(H,40,44)(H,41,46)(H,42,45)(H,48,49)(H4,36,37,39)/t24-,25-,26-,27-/m1/s1. The third-order valence-corrected chi connectivity index (χ3v) is 8.36. The van der Waals surface area contributed by atoms with Crippen molar-refractivity contribution in [2.75, 3.05) is 19.6 Å². The summed E-state index contributed by atoms with van der Waals surface area (Å²) in [4.78, 5) is 71.3. The summed E-state index contributed by atoms with van der Waals surface area (Å²) < 4.78 is 0. The van der Waals surface area contributed by atoms with Crippen molar-refractivity contribution in [3.63, 3.8) is 0 Å². The van der Waals surface area contributed by atoms with E-state index >= 15 is 0 Å². The van der Waals surface area contributed by atoms with Gasteiger partial charge in [-0.1, -0.05) is 74.5 Å². The number of nitrogens with one attached hydrogen (secondary N) is 3. The van der Waals surface area contributed by atoms with E-state index < -0.39 is 59.3 Å². The minimum absolute atomic E-state index is 0.0204. The second-order valence-electron chi connectivity index (χ2n) is 12.9. The van der Waals surface area contributed by atoms with Crippen LogP contribution in [0.3, 0.4) is 0 Å². The number of carboxylic acids is 1. The highest BCUT2D eigenvalue weighted by Crippen LogP contribution is 2.21. The van der Waals surface area contributed by atoms with Crippen LogP contribution in [0.15, 0.2) is 65.7 Å². The Bertz CT molecular complexity index is 1460. The number of aliphatic carboxylic acids is 1. The van der Waals surface area contributed by atoms with E-state index in [2.05, 4.69) is 20.9 Å². The molecule has 0 aromatic heterocycles. The van der Waals surface area contributed by atoms with Crippen molar-refractivity contribution >= 4 is 35.6 Å². The lowest BCUT2D eigenvalue weighted by molar-refractivity contribution is -0.148. The number of hydrogen-bond donors (Lipinski definition) is 8. The lowest BCUT2D eigenvalue weighted by Crippen LogP contribution is -2.61. The van der Waals surface area contributed by atoms with Gasteiger partial charge in [0.25, 0.3) is 0 Å². The average Bonchev–Trinajstić information content (AvgIpc) is 3.06. The molecule has 1 saturated heterocycles. The molecule has 1 heterocycles. The van der Waals surface area contributed by atoms with Gasteiger partial charge in [-0.3, -0.25) is 29.0 Å². The summed E-state index contributed by atoms with van der Waals surface area (Å²) >= 11 is 0. The molecule has 15 nitrogen and oxygen atoms in total. The molecular weight excluding hydrogens is 630 g/mol. The summed E-state index contributed by atoms with van der Waals surface area (Å²) in [6.07, 6.45) is 0.638. The van der Waals surface area contributed by atoms with Gasteiger partial charge in [-0.2, -0.15) is 0 Å². The fourth-order valence-electron chi connectivity index (χ4n) is 5.49. The minimum atomic E-state index is -1.46. The quantitative estimate of drug-likeness (QED) is 0.0791. The van der Waals surface area contributed by atoms with E-state index in [1.54, 1.807) is 0 Å². The number of likely N-dealkylation sites (tertiary alicyclic amines) is 1. The first-order valence-electron chi connectivity index (χ1n) is 16.3. The molecule has 3 rings (SSSR count). The van der Waals surface area contributed by atoms with Crippen LogP contribution in [0, 0.1) is 5.92 Å². The third-order valence-electron chi connectivity index (χ3n) is 8.36. The van der Waals surface area contributed by atoms with Crippen LogP contribution in [-0.2, 0) is 36.8 Å². The molecule has 266 valence electrons. The van der Waals surface area contributed by atoms with Gasteiger partial charge in [-0.15, -0.1) is 0 Å². The number of nitrogens with zero attached hydrogens (tertiary/aromatic N) is 2. The maximum atomic E-state index is 13.8. The van der Waals surface area contributed by atoms with Gasteiger partial charge in [0.05, 0.1) is 12.6 Å². The molecule has 0 bridgehead atoms. The van der Waals surface area contributed by atoms with Crippen molar-refractivity contribution in [3.8, 4) is 0 Å². The maximum Gasteiger partial charge on any atom is 0.323 e. The zero-order chi connectivity index (χ0) is 36.1. The largest absolute Gasteiger partial charge is 0.480 e. The summed E-state index contributed by atoms with van der Waals surface area (Å²) in [6.45, 7) is 3.56. The van der Waals surface area contributed by atoms with Crippen LogP contribution in [0.25, 0.3) is 0 Å². The van der Waals surface area contributed by atoms with Crippen LogP contribution in [0.1, 0.15) is 44.2 Å². The number of aliphatic imine (C=N–C) groups is 1. The number of rotatable bonds is 16. The fourth-order valence-corrected chi connectivity index (χ4v) is 5.49. The Morgan fingerprint density at radius 2 is 1.29 bits per heavy atom. The smallest absolute Gasteiger partial charge is 0.323 e. The Morgan fingerprint density at radius 1 is 0.796 bits per heavy atom. The van der Waals surface area contributed by atoms with Crippen molar-refractivity contribution in [1.29, 1.82) is 0 Å². The second-order valence-corrected chi connectivity index (χ2v) is 12.9. The van der Waals surface area contributed by atoms with E-state index in [1.165, 1.54) is 4.90 Å².